The van der Waals surface area contributed by atoms with Gasteiger partial charge in [0.1, 0.15) is 5.75 Å². The topological polar surface area (TPSA) is 38.3 Å². The van der Waals surface area contributed by atoms with Crippen LogP contribution in [0.25, 0.3) is 0 Å². The third-order valence-electron chi connectivity index (χ3n) is 3.66. The van der Waals surface area contributed by atoms with E-state index in [1.807, 2.05) is 45.0 Å². The smallest absolute Gasteiger partial charge is 0.251 e. The molecule has 3 heteroatoms. The van der Waals surface area contributed by atoms with Crippen LogP contribution in [0.3, 0.4) is 0 Å². The van der Waals surface area contributed by atoms with Crippen LogP contribution in [0.15, 0.2) is 42.5 Å². The molecule has 0 fully saturated rings. The van der Waals surface area contributed by atoms with Crippen molar-refractivity contribution in [3.05, 3.63) is 64.7 Å². The molecule has 2 rings (SSSR count). The zero-order valence-corrected chi connectivity index (χ0v) is 13.6. The van der Waals surface area contributed by atoms with E-state index in [0.29, 0.717) is 12.2 Å². The van der Waals surface area contributed by atoms with Crippen LogP contribution in [0.4, 0.5) is 0 Å². The maximum atomic E-state index is 12.4. The first-order valence-corrected chi connectivity index (χ1v) is 7.62. The Morgan fingerprint density at radius 1 is 1.14 bits per heavy atom. The normalized spacial score (nSPS) is 11.8. The van der Waals surface area contributed by atoms with E-state index < -0.39 is 0 Å². The van der Waals surface area contributed by atoms with Crippen molar-refractivity contribution in [2.45, 2.75) is 33.7 Å². The van der Waals surface area contributed by atoms with Crippen molar-refractivity contribution < 1.29 is 9.53 Å². The highest BCUT2D eigenvalue weighted by atomic mass is 16.5. The van der Waals surface area contributed by atoms with E-state index in [1.165, 1.54) is 5.56 Å². The molecule has 0 bridgehead atoms. The summed E-state index contributed by atoms with van der Waals surface area (Å²) in [6, 6.07) is 13.7. The number of carbonyl (C=O) groups is 1. The van der Waals surface area contributed by atoms with Crippen molar-refractivity contribution in [1.29, 1.82) is 0 Å². The predicted octanol–water partition coefficient (Wildman–Crippen LogP) is 4.19. The molecule has 0 aliphatic heterocycles. The number of ether oxygens (including phenoxy) is 1. The first-order chi connectivity index (χ1) is 10.5. The molecule has 116 valence electrons. The number of nitrogens with one attached hydrogen (secondary N) is 1. The minimum Gasteiger partial charge on any atom is -0.494 e. The maximum absolute atomic E-state index is 12.4. The van der Waals surface area contributed by atoms with E-state index in [9.17, 15) is 4.79 Å². The highest BCUT2D eigenvalue weighted by Gasteiger charge is 2.12. The van der Waals surface area contributed by atoms with E-state index in [0.717, 1.165) is 16.9 Å². The number of hydrogen-bond donors (Lipinski definition) is 1. The van der Waals surface area contributed by atoms with Crippen molar-refractivity contribution in [1.82, 2.24) is 5.32 Å². The molecule has 3 nitrogen and oxygen atoms in total. The molecular weight excluding hydrogens is 274 g/mol. The zero-order valence-electron chi connectivity index (χ0n) is 13.6. The standard InChI is InChI=1S/C19H23NO2/c1-5-22-18-11-10-17(12-14(18)3)19(21)20-15(4)16-8-6-13(2)7-9-16/h6-12,15H,5H2,1-4H3,(H,20,21)/t15-/m0/s1. The molecule has 0 saturated heterocycles. The van der Waals surface area contributed by atoms with Crippen LogP contribution in [-0.2, 0) is 0 Å². The van der Waals surface area contributed by atoms with Gasteiger partial charge >= 0.3 is 0 Å². The minimum absolute atomic E-state index is 0.0278. The summed E-state index contributed by atoms with van der Waals surface area (Å²) in [4.78, 5) is 12.4. The van der Waals surface area contributed by atoms with Gasteiger partial charge in [-0.2, -0.15) is 0 Å². The summed E-state index contributed by atoms with van der Waals surface area (Å²) < 4.78 is 5.50. The number of amides is 1. The molecule has 2 aromatic carbocycles. The molecular formula is C19H23NO2. The van der Waals surface area contributed by atoms with Gasteiger partial charge in [0, 0.05) is 5.56 Å². The van der Waals surface area contributed by atoms with Gasteiger partial charge in [0.25, 0.3) is 5.91 Å². The molecule has 1 atom stereocenters. The lowest BCUT2D eigenvalue weighted by Crippen LogP contribution is -2.26. The van der Waals surface area contributed by atoms with Gasteiger partial charge in [0.15, 0.2) is 0 Å². The van der Waals surface area contributed by atoms with E-state index in [2.05, 4.69) is 24.4 Å². The third kappa shape index (κ3) is 3.88. The van der Waals surface area contributed by atoms with Gasteiger partial charge in [-0.1, -0.05) is 29.8 Å². The Hall–Kier alpha value is -2.29. The average molecular weight is 297 g/mol. The number of rotatable bonds is 5. The monoisotopic (exact) mass is 297 g/mol. The molecule has 0 aliphatic rings. The van der Waals surface area contributed by atoms with E-state index in [4.69, 9.17) is 4.74 Å². The zero-order chi connectivity index (χ0) is 16.1. The number of carbonyl (C=O) groups excluding carboxylic acids is 1. The fourth-order valence-electron chi connectivity index (χ4n) is 2.33. The van der Waals surface area contributed by atoms with Gasteiger partial charge in [-0.05, 0) is 57.0 Å². The largest absolute Gasteiger partial charge is 0.494 e. The number of aryl methyl sites for hydroxylation is 2. The lowest BCUT2D eigenvalue weighted by atomic mass is 10.1. The van der Waals surface area contributed by atoms with Gasteiger partial charge < -0.3 is 10.1 Å². The predicted molar refractivity (Wildman–Crippen MR) is 89.4 cm³/mol. The van der Waals surface area contributed by atoms with Gasteiger partial charge in [-0.15, -0.1) is 0 Å². The van der Waals surface area contributed by atoms with Crippen LogP contribution in [0.1, 0.15) is 46.9 Å². The summed E-state index contributed by atoms with van der Waals surface area (Å²) in [5.41, 5.74) is 3.93. The highest BCUT2D eigenvalue weighted by molar-refractivity contribution is 5.94. The van der Waals surface area contributed by atoms with Crippen molar-refractivity contribution in [2.75, 3.05) is 6.61 Å². The maximum Gasteiger partial charge on any atom is 0.251 e. The number of hydrogen-bond acceptors (Lipinski definition) is 2. The SMILES string of the molecule is CCOc1ccc(C(=O)N[C@@H](C)c2ccc(C)cc2)cc1C. The Morgan fingerprint density at radius 2 is 1.82 bits per heavy atom. The molecule has 0 unspecified atom stereocenters. The van der Waals surface area contributed by atoms with Crippen LogP contribution < -0.4 is 10.1 Å². The van der Waals surface area contributed by atoms with Crippen LogP contribution >= 0.6 is 0 Å². The van der Waals surface area contributed by atoms with Crippen LogP contribution in [0, 0.1) is 13.8 Å². The van der Waals surface area contributed by atoms with Crippen molar-refractivity contribution in [2.24, 2.45) is 0 Å². The summed E-state index contributed by atoms with van der Waals surface area (Å²) in [5, 5.41) is 3.03. The second-order valence-electron chi connectivity index (χ2n) is 5.52. The van der Waals surface area contributed by atoms with E-state index in [1.54, 1.807) is 6.07 Å². The molecule has 2 aromatic rings. The Balaban J connectivity index is 2.08. The van der Waals surface area contributed by atoms with Gasteiger partial charge in [0.2, 0.25) is 0 Å². The second-order valence-corrected chi connectivity index (χ2v) is 5.52. The summed E-state index contributed by atoms with van der Waals surface area (Å²) in [6.07, 6.45) is 0. The Kier molecular flexibility index (Phi) is 5.21. The van der Waals surface area contributed by atoms with Crippen molar-refractivity contribution >= 4 is 5.91 Å². The first kappa shape index (κ1) is 16.1. The van der Waals surface area contributed by atoms with Gasteiger partial charge in [-0.25, -0.2) is 0 Å². The summed E-state index contributed by atoms with van der Waals surface area (Å²) in [5.74, 6) is 0.754. The molecule has 22 heavy (non-hydrogen) atoms. The minimum atomic E-state index is -0.0702. The van der Waals surface area contributed by atoms with Crippen LogP contribution in [0.2, 0.25) is 0 Å². The van der Waals surface area contributed by atoms with Crippen molar-refractivity contribution in [3.8, 4) is 5.75 Å². The number of benzene rings is 2. The van der Waals surface area contributed by atoms with Gasteiger partial charge in [-0.3, -0.25) is 4.79 Å². The first-order valence-electron chi connectivity index (χ1n) is 7.62. The summed E-state index contributed by atoms with van der Waals surface area (Å²) in [7, 11) is 0. The van der Waals surface area contributed by atoms with Crippen LogP contribution in [-0.4, -0.2) is 12.5 Å². The molecule has 0 saturated carbocycles. The lowest BCUT2D eigenvalue weighted by molar-refractivity contribution is 0.0940. The Morgan fingerprint density at radius 3 is 2.41 bits per heavy atom. The Bertz CT molecular complexity index is 647. The van der Waals surface area contributed by atoms with E-state index in [-0.39, 0.29) is 11.9 Å². The fraction of sp³-hybridized carbons (Fsp3) is 0.316. The highest BCUT2D eigenvalue weighted by Crippen LogP contribution is 2.20. The molecule has 0 radical (unpaired) electrons. The summed E-state index contributed by atoms with van der Waals surface area (Å²) >= 11 is 0. The third-order valence-corrected chi connectivity index (χ3v) is 3.66. The van der Waals surface area contributed by atoms with Crippen molar-refractivity contribution in [3.63, 3.8) is 0 Å². The van der Waals surface area contributed by atoms with Crippen LogP contribution in [0.5, 0.6) is 5.75 Å². The molecule has 1 N–H and O–H groups in total. The molecule has 0 heterocycles. The lowest BCUT2D eigenvalue weighted by Gasteiger charge is -2.15. The van der Waals surface area contributed by atoms with Gasteiger partial charge in [0.05, 0.1) is 12.6 Å². The average Bonchev–Trinajstić information content (AvgIpc) is 2.50. The molecule has 0 aromatic heterocycles. The molecule has 0 spiro atoms. The molecule has 1 amide bonds. The molecule has 0 aliphatic carbocycles. The van der Waals surface area contributed by atoms with E-state index >= 15 is 0 Å². The second kappa shape index (κ2) is 7.12. The Labute approximate surface area is 132 Å². The quantitative estimate of drug-likeness (QED) is 0.898. The fourth-order valence-corrected chi connectivity index (χ4v) is 2.33. The summed E-state index contributed by atoms with van der Waals surface area (Å²) in [6.45, 7) is 8.56.